The van der Waals surface area contributed by atoms with Crippen LogP contribution in [-0.2, 0) is 23.5 Å². The molecule has 1 aliphatic rings. The van der Waals surface area contributed by atoms with Gasteiger partial charge in [0.2, 0.25) is 10.0 Å². The number of ether oxygens (including phenoxy) is 1. The number of aromatic nitrogens is 4. The molecule has 2 atom stereocenters. The maximum absolute atomic E-state index is 13.3. The first kappa shape index (κ1) is 37.1. The maximum atomic E-state index is 13.3. The number of aryl methyl sites for hydroxylation is 2. The first-order valence-electron chi connectivity index (χ1n) is 15.3. The van der Waals surface area contributed by atoms with Crippen LogP contribution in [0, 0.1) is 0 Å². The number of H-pyrrole nitrogens is 1. The van der Waals surface area contributed by atoms with Gasteiger partial charge in [0.1, 0.15) is 17.1 Å². The normalized spacial score (nSPS) is 15.5. The van der Waals surface area contributed by atoms with Gasteiger partial charge in [-0.2, -0.15) is 9.40 Å². The van der Waals surface area contributed by atoms with Gasteiger partial charge < -0.3 is 25.0 Å². The second-order valence-corrected chi connectivity index (χ2v) is 13.1. The Morgan fingerprint density at radius 1 is 1.07 bits per heavy atom. The summed E-state index contributed by atoms with van der Waals surface area (Å²) in [6.45, 7) is 8.44. The number of sulfonamides is 1. The van der Waals surface area contributed by atoms with E-state index >= 15 is 0 Å². The third kappa shape index (κ3) is 8.33. The molecular weight excluding hydrogens is 630 g/mol. The maximum Gasteiger partial charge on any atom is 0.277 e. The van der Waals surface area contributed by atoms with E-state index in [1.165, 1.54) is 8.99 Å². The minimum atomic E-state index is -3.70. The van der Waals surface area contributed by atoms with Crippen LogP contribution < -0.4 is 15.6 Å². The number of likely N-dealkylation sites (N-methyl/N-ethyl adjacent to an activating group) is 2. The van der Waals surface area contributed by atoms with Crippen molar-refractivity contribution in [2.45, 2.75) is 50.7 Å². The summed E-state index contributed by atoms with van der Waals surface area (Å²) in [7, 11) is 1.84. The summed E-state index contributed by atoms with van der Waals surface area (Å²) in [6.07, 6.45) is 1.12. The Balaban J connectivity index is 0.000000375. The van der Waals surface area contributed by atoms with E-state index in [4.69, 9.17) is 9.72 Å². The van der Waals surface area contributed by atoms with E-state index in [1.807, 2.05) is 65.2 Å². The highest BCUT2D eigenvalue weighted by atomic mass is 35.5. The van der Waals surface area contributed by atoms with Crippen LogP contribution in [0.15, 0.2) is 58.2 Å². The van der Waals surface area contributed by atoms with E-state index in [2.05, 4.69) is 20.3 Å². The van der Waals surface area contributed by atoms with Crippen molar-refractivity contribution in [3.8, 4) is 17.1 Å². The lowest BCUT2D eigenvalue weighted by Crippen LogP contribution is -2.47. The van der Waals surface area contributed by atoms with E-state index in [0.717, 1.165) is 17.7 Å². The van der Waals surface area contributed by atoms with Gasteiger partial charge >= 0.3 is 0 Å². The Bertz CT molecular complexity index is 1740. The Morgan fingerprint density at radius 3 is 2.35 bits per heavy atom. The molecule has 0 bridgehead atoms. The minimum Gasteiger partial charge on any atom is -0.493 e. The molecule has 252 valence electrons. The van der Waals surface area contributed by atoms with Crippen LogP contribution in [0.5, 0.6) is 5.75 Å². The van der Waals surface area contributed by atoms with Crippen LogP contribution in [0.2, 0.25) is 0 Å². The molecule has 3 N–H and O–H groups in total. The molecule has 4 aromatic rings. The van der Waals surface area contributed by atoms with Gasteiger partial charge in [-0.1, -0.05) is 43.7 Å². The number of aliphatic hydroxyl groups is 1. The molecule has 0 saturated carbocycles. The Morgan fingerprint density at radius 2 is 1.74 bits per heavy atom. The van der Waals surface area contributed by atoms with Crippen LogP contribution in [0.3, 0.4) is 0 Å². The highest BCUT2D eigenvalue weighted by Gasteiger charge is 2.29. The lowest BCUT2D eigenvalue weighted by Gasteiger charge is -2.31. The molecule has 0 spiro atoms. The van der Waals surface area contributed by atoms with E-state index in [1.54, 1.807) is 25.2 Å². The van der Waals surface area contributed by atoms with Gasteiger partial charge in [-0.15, -0.1) is 12.4 Å². The standard InChI is InChI=1S/C22H30N6O4S.C10H15NO.ClH/c1-5-7-17-19-20(27(4)25-17)22(29)24-21(23-19)16-14-15(8-9-18(16)32-6-2)33(30,31)28-12-10-26(3)11-13-28;1-8(11-2)10(12)9-6-4-3-5-7-9;/h8-9,14H,5-7,10-13H2,1-4H3,(H,23,24,29);3-8,10-12H,1-2H3;1H/t;8-,10+;/m.0./s1. The highest BCUT2D eigenvalue weighted by Crippen LogP contribution is 2.32. The minimum absolute atomic E-state index is 0. The molecule has 0 amide bonds. The van der Waals surface area contributed by atoms with Crippen LogP contribution in [-0.4, -0.2) is 95.4 Å². The molecule has 0 aliphatic carbocycles. The SMILES string of the molecule is CCCc1nn(C)c2c(=O)[nH]c(-c3cc(S(=O)(=O)N4CCN(C)CC4)ccc3OCC)nc12.CN[C@@H](C)[C@@H](O)c1ccccc1.Cl. The van der Waals surface area contributed by atoms with Gasteiger partial charge in [0.15, 0.2) is 5.52 Å². The summed E-state index contributed by atoms with van der Waals surface area (Å²) in [5.74, 6) is 0.718. The molecule has 2 aromatic carbocycles. The Labute approximate surface area is 277 Å². The summed E-state index contributed by atoms with van der Waals surface area (Å²) in [6, 6.07) is 14.5. The summed E-state index contributed by atoms with van der Waals surface area (Å²) in [4.78, 5) is 22.7. The topological polar surface area (TPSA) is 146 Å². The van der Waals surface area contributed by atoms with Gasteiger partial charge in [0, 0.05) is 39.3 Å². The Kier molecular flexibility index (Phi) is 13.3. The zero-order valence-electron chi connectivity index (χ0n) is 27.4. The van der Waals surface area contributed by atoms with Crippen LogP contribution in [0.4, 0.5) is 0 Å². The number of nitrogens with one attached hydrogen (secondary N) is 2. The van der Waals surface area contributed by atoms with Gasteiger partial charge in [0.05, 0.1) is 28.9 Å². The van der Waals surface area contributed by atoms with Crippen molar-refractivity contribution in [3.05, 3.63) is 70.1 Å². The van der Waals surface area contributed by atoms with E-state index < -0.39 is 16.1 Å². The smallest absolute Gasteiger partial charge is 0.277 e. The van der Waals surface area contributed by atoms with Crippen LogP contribution >= 0.6 is 12.4 Å². The number of hydrogen-bond acceptors (Lipinski definition) is 9. The average Bonchev–Trinajstić information content (AvgIpc) is 3.36. The van der Waals surface area contributed by atoms with Crippen molar-refractivity contribution < 1.29 is 18.3 Å². The monoisotopic (exact) mass is 675 g/mol. The third-order valence-electron chi connectivity index (χ3n) is 7.93. The summed E-state index contributed by atoms with van der Waals surface area (Å²) >= 11 is 0. The number of rotatable bonds is 10. The fourth-order valence-corrected chi connectivity index (χ4v) is 6.64. The molecule has 46 heavy (non-hydrogen) atoms. The van der Waals surface area contributed by atoms with E-state index in [0.29, 0.717) is 61.6 Å². The van der Waals surface area contributed by atoms with Crippen molar-refractivity contribution in [2.24, 2.45) is 7.05 Å². The van der Waals surface area contributed by atoms with Gasteiger partial charge in [-0.25, -0.2) is 13.4 Å². The van der Waals surface area contributed by atoms with Crippen molar-refractivity contribution in [1.82, 2.24) is 34.3 Å². The molecule has 14 heteroatoms. The molecule has 1 saturated heterocycles. The highest BCUT2D eigenvalue weighted by molar-refractivity contribution is 7.89. The number of nitrogens with zero attached hydrogens (tertiary/aromatic N) is 5. The molecule has 2 aromatic heterocycles. The molecule has 1 aliphatic heterocycles. The van der Waals surface area contributed by atoms with Gasteiger partial charge in [-0.3, -0.25) is 9.48 Å². The van der Waals surface area contributed by atoms with Crippen molar-refractivity contribution in [2.75, 3.05) is 46.9 Å². The van der Waals surface area contributed by atoms with Gasteiger partial charge in [0.25, 0.3) is 5.56 Å². The lowest BCUT2D eigenvalue weighted by molar-refractivity contribution is 0.140. The number of aliphatic hydroxyl groups excluding tert-OH is 1. The fourth-order valence-electron chi connectivity index (χ4n) is 5.19. The number of fused-ring (bicyclic) bond motifs is 1. The van der Waals surface area contributed by atoms with E-state index in [9.17, 15) is 18.3 Å². The number of piperazine rings is 1. The molecule has 5 rings (SSSR count). The van der Waals surface area contributed by atoms with Gasteiger partial charge in [-0.05, 0) is 58.1 Å². The fraction of sp³-hybridized carbons (Fsp3) is 0.469. The first-order valence-corrected chi connectivity index (χ1v) is 16.8. The second-order valence-electron chi connectivity index (χ2n) is 11.2. The number of aromatic amines is 1. The summed E-state index contributed by atoms with van der Waals surface area (Å²) in [5, 5.41) is 17.2. The first-order chi connectivity index (χ1) is 21.5. The number of hydrogen-bond donors (Lipinski definition) is 3. The molecule has 0 unspecified atom stereocenters. The van der Waals surface area contributed by atoms with Crippen LogP contribution in [0.1, 0.15) is 44.6 Å². The molecule has 3 heterocycles. The molecule has 1 fully saturated rings. The quantitative estimate of drug-likeness (QED) is 0.230. The van der Waals surface area contributed by atoms with Crippen LogP contribution in [0.25, 0.3) is 22.4 Å². The molecule has 0 radical (unpaired) electrons. The van der Waals surface area contributed by atoms with Crippen molar-refractivity contribution in [1.29, 1.82) is 0 Å². The lowest BCUT2D eigenvalue weighted by atomic mass is 10.0. The number of halogens is 1. The second kappa shape index (κ2) is 16.5. The van der Waals surface area contributed by atoms with E-state index in [-0.39, 0.29) is 34.7 Å². The average molecular weight is 676 g/mol. The number of benzene rings is 2. The van der Waals surface area contributed by atoms with Crippen molar-refractivity contribution >= 4 is 33.5 Å². The molecule has 12 nitrogen and oxygen atoms in total. The molecular formula is C32H46ClN7O5S. The van der Waals surface area contributed by atoms with Crippen molar-refractivity contribution in [3.63, 3.8) is 0 Å². The Hall–Kier alpha value is -3.33. The predicted molar refractivity (Wildman–Crippen MR) is 183 cm³/mol. The summed E-state index contributed by atoms with van der Waals surface area (Å²) < 4.78 is 35.4. The third-order valence-corrected chi connectivity index (χ3v) is 9.82. The summed E-state index contributed by atoms with van der Waals surface area (Å²) in [5.41, 5.74) is 2.70. The zero-order chi connectivity index (χ0) is 32.7. The largest absolute Gasteiger partial charge is 0.493 e. The zero-order valence-corrected chi connectivity index (χ0v) is 29.0. The predicted octanol–water partition coefficient (Wildman–Crippen LogP) is 3.36.